The Bertz CT molecular complexity index is 1050. The number of aliphatic hydroxyl groups is 1. The van der Waals surface area contributed by atoms with Crippen molar-refractivity contribution in [3.05, 3.63) is 64.1 Å². The number of fused-ring (bicyclic) bond motifs is 1. The van der Waals surface area contributed by atoms with Crippen molar-refractivity contribution in [2.75, 3.05) is 6.61 Å². The smallest absolute Gasteiger partial charge is 0.328 e. The summed E-state index contributed by atoms with van der Waals surface area (Å²) in [5, 5.41) is 14.2. The first-order valence-electron chi connectivity index (χ1n) is 10.8. The van der Waals surface area contributed by atoms with E-state index in [1.165, 1.54) is 37.7 Å². The van der Waals surface area contributed by atoms with Gasteiger partial charge in [0.25, 0.3) is 0 Å². The lowest BCUT2D eigenvalue weighted by atomic mass is 9.95. The van der Waals surface area contributed by atoms with E-state index in [0.29, 0.717) is 6.04 Å². The van der Waals surface area contributed by atoms with Crippen molar-refractivity contribution in [1.82, 2.24) is 14.5 Å². The summed E-state index contributed by atoms with van der Waals surface area (Å²) < 4.78 is 8.99. The molecular formula is C24H31N3O3. The van der Waals surface area contributed by atoms with E-state index in [-0.39, 0.29) is 12.3 Å². The minimum Gasteiger partial charge on any atom is -0.491 e. The van der Waals surface area contributed by atoms with Gasteiger partial charge in [-0.1, -0.05) is 37.5 Å². The second-order valence-electron chi connectivity index (χ2n) is 8.34. The molecule has 3 aromatic rings. The molecule has 1 aliphatic rings. The van der Waals surface area contributed by atoms with Crippen molar-refractivity contribution in [1.29, 1.82) is 0 Å². The van der Waals surface area contributed by atoms with Crippen molar-refractivity contribution >= 4 is 11.0 Å². The monoisotopic (exact) mass is 409 g/mol. The molecule has 0 aliphatic heterocycles. The van der Waals surface area contributed by atoms with Gasteiger partial charge in [0.15, 0.2) is 0 Å². The highest BCUT2D eigenvalue weighted by atomic mass is 16.5. The molecule has 2 N–H and O–H groups in total. The fraction of sp³-hybridized carbons (Fsp3) is 0.458. The molecule has 1 heterocycles. The Morgan fingerprint density at radius 2 is 1.73 bits per heavy atom. The molecule has 0 amide bonds. The molecular weight excluding hydrogens is 378 g/mol. The molecule has 1 aliphatic carbocycles. The number of aryl methyl sites for hydroxylation is 2. The van der Waals surface area contributed by atoms with Crippen molar-refractivity contribution in [2.24, 2.45) is 14.1 Å². The summed E-state index contributed by atoms with van der Waals surface area (Å²) in [6.07, 6.45) is 5.83. The number of aromatic nitrogens is 2. The average molecular weight is 410 g/mol. The highest BCUT2D eigenvalue weighted by Gasteiger charge is 2.14. The summed E-state index contributed by atoms with van der Waals surface area (Å²) in [6, 6.07) is 14.3. The van der Waals surface area contributed by atoms with E-state index in [0.717, 1.165) is 28.9 Å². The second kappa shape index (κ2) is 9.06. The summed E-state index contributed by atoms with van der Waals surface area (Å²) in [6.45, 7) is 1.04. The molecule has 0 bridgehead atoms. The fourth-order valence-electron chi connectivity index (χ4n) is 4.27. The van der Waals surface area contributed by atoms with Crippen LogP contribution < -0.4 is 15.7 Å². The maximum atomic E-state index is 12.1. The third-order valence-corrected chi connectivity index (χ3v) is 6.21. The van der Waals surface area contributed by atoms with Crippen LogP contribution in [-0.4, -0.2) is 26.9 Å². The summed E-state index contributed by atoms with van der Waals surface area (Å²) in [5.74, 6) is 0.739. The summed E-state index contributed by atoms with van der Waals surface area (Å²) in [5.41, 5.74) is 3.54. The largest absolute Gasteiger partial charge is 0.491 e. The highest BCUT2D eigenvalue weighted by Crippen LogP contribution is 2.22. The van der Waals surface area contributed by atoms with Gasteiger partial charge in [0, 0.05) is 26.7 Å². The molecule has 1 atom stereocenters. The third kappa shape index (κ3) is 4.45. The first-order valence-corrected chi connectivity index (χ1v) is 10.8. The number of aliphatic hydroxyl groups excluding tert-OH is 1. The van der Waals surface area contributed by atoms with Crippen LogP contribution >= 0.6 is 0 Å². The normalized spacial score (nSPS) is 16.1. The van der Waals surface area contributed by atoms with Crippen molar-refractivity contribution in [3.63, 3.8) is 0 Å². The van der Waals surface area contributed by atoms with Gasteiger partial charge in [-0.25, -0.2) is 4.79 Å². The molecule has 1 saturated carbocycles. The van der Waals surface area contributed by atoms with Crippen LogP contribution in [0.1, 0.15) is 49.3 Å². The number of rotatable bonds is 7. The summed E-state index contributed by atoms with van der Waals surface area (Å²) in [7, 11) is 3.49. The van der Waals surface area contributed by atoms with E-state index >= 15 is 0 Å². The molecule has 6 nitrogen and oxygen atoms in total. The van der Waals surface area contributed by atoms with E-state index in [9.17, 15) is 9.90 Å². The fourth-order valence-corrected chi connectivity index (χ4v) is 4.27. The number of hydrogen-bond acceptors (Lipinski definition) is 4. The van der Waals surface area contributed by atoms with Crippen molar-refractivity contribution < 1.29 is 9.84 Å². The van der Waals surface area contributed by atoms with Crippen LogP contribution in [-0.2, 0) is 20.6 Å². The summed E-state index contributed by atoms with van der Waals surface area (Å²) >= 11 is 0. The lowest BCUT2D eigenvalue weighted by molar-refractivity contribution is 0.108. The maximum absolute atomic E-state index is 12.1. The molecule has 0 saturated heterocycles. The van der Waals surface area contributed by atoms with Crippen LogP contribution in [0.5, 0.6) is 5.75 Å². The number of benzene rings is 2. The maximum Gasteiger partial charge on any atom is 0.328 e. The van der Waals surface area contributed by atoms with Crippen molar-refractivity contribution in [2.45, 2.75) is 50.8 Å². The molecule has 1 fully saturated rings. The second-order valence-corrected chi connectivity index (χ2v) is 8.34. The van der Waals surface area contributed by atoms with Gasteiger partial charge in [-0.05, 0) is 48.2 Å². The van der Waals surface area contributed by atoms with Gasteiger partial charge in [0.05, 0.1) is 11.0 Å². The number of ether oxygens (including phenoxy) is 1. The quantitative estimate of drug-likeness (QED) is 0.628. The van der Waals surface area contributed by atoms with Gasteiger partial charge in [0.1, 0.15) is 18.5 Å². The third-order valence-electron chi connectivity index (χ3n) is 6.21. The zero-order valence-electron chi connectivity index (χ0n) is 17.8. The Hall–Kier alpha value is -2.57. The lowest BCUT2D eigenvalue weighted by Crippen LogP contribution is -2.30. The van der Waals surface area contributed by atoms with Gasteiger partial charge in [-0.2, -0.15) is 0 Å². The molecule has 0 spiro atoms. The van der Waals surface area contributed by atoms with Gasteiger partial charge in [0.2, 0.25) is 0 Å². The Morgan fingerprint density at radius 3 is 2.47 bits per heavy atom. The molecule has 160 valence electrons. The Labute approximate surface area is 177 Å². The SMILES string of the molecule is Cn1c(=O)n(C)c2cc([C@H](O)COc3ccc(CNC4CCCCC4)cc3)ccc21. The van der Waals surface area contributed by atoms with Crippen LogP contribution in [0, 0.1) is 0 Å². The number of hydrogen-bond donors (Lipinski definition) is 2. The van der Waals surface area contributed by atoms with E-state index < -0.39 is 6.10 Å². The van der Waals surface area contributed by atoms with Crippen LogP contribution in [0.4, 0.5) is 0 Å². The minimum absolute atomic E-state index is 0.0778. The van der Waals surface area contributed by atoms with E-state index in [1.54, 1.807) is 23.2 Å². The molecule has 6 heteroatoms. The number of nitrogens with one attached hydrogen (secondary N) is 1. The van der Waals surface area contributed by atoms with Crippen LogP contribution in [0.15, 0.2) is 47.3 Å². The van der Waals surface area contributed by atoms with Crippen LogP contribution in [0.2, 0.25) is 0 Å². The Morgan fingerprint density at radius 1 is 1.03 bits per heavy atom. The Kier molecular flexibility index (Phi) is 6.25. The summed E-state index contributed by atoms with van der Waals surface area (Å²) in [4.78, 5) is 12.1. The van der Waals surface area contributed by atoms with Gasteiger partial charge in [-0.15, -0.1) is 0 Å². The molecule has 2 aromatic carbocycles. The molecule has 1 aromatic heterocycles. The van der Waals surface area contributed by atoms with Crippen molar-refractivity contribution in [3.8, 4) is 5.75 Å². The molecule has 4 rings (SSSR count). The predicted octanol–water partition coefficient (Wildman–Crippen LogP) is 3.41. The Balaban J connectivity index is 1.33. The molecule has 0 unspecified atom stereocenters. The highest BCUT2D eigenvalue weighted by molar-refractivity contribution is 5.76. The van der Waals surface area contributed by atoms with Crippen LogP contribution in [0.3, 0.4) is 0 Å². The van der Waals surface area contributed by atoms with Crippen LogP contribution in [0.25, 0.3) is 11.0 Å². The molecule has 30 heavy (non-hydrogen) atoms. The van der Waals surface area contributed by atoms with Gasteiger partial charge >= 0.3 is 5.69 Å². The van der Waals surface area contributed by atoms with Gasteiger partial charge in [-0.3, -0.25) is 9.13 Å². The first kappa shape index (κ1) is 20.7. The number of nitrogens with zero attached hydrogens (tertiary/aromatic N) is 2. The topological polar surface area (TPSA) is 68.4 Å². The van der Waals surface area contributed by atoms with E-state index in [1.807, 2.05) is 30.3 Å². The minimum atomic E-state index is -0.766. The first-order chi connectivity index (χ1) is 14.5. The van der Waals surface area contributed by atoms with E-state index in [2.05, 4.69) is 17.4 Å². The zero-order valence-corrected chi connectivity index (χ0v) is 17.8. The molecule has 0 radical (unpaired) electrons. The van der Waals surface area contributed by atoms with E-state index in [4.69, 9.17) is 4.74 Å². The lowest BCUT2D eigenvalue weighted by Gasteiger charge is -2.22. The average Bonchev–Trinajstić information content (AvgIpc) is 3.01. The standard InChI is InChI=1S/C24H31N3O3/c1-26-21-13-10-18(14-22(21)27(2)24(26)29)23(28)16-30-20-11-8-17(9-12-20)15-25-19-6-4-3-5-7-19/h8-14,19,23,25,28H,3-7,15-16H2,1-2H3/t23-/m1/s1. The van der Waals surface area contributed by atoms with Gasteiger partial charge < -0.3 is 15.2 Å². The zero-order chi connectivity index (χ0) is 21.1. The predicted molar refractivity (Wildman–Crippen MR) is 119 cm³/mol. The number of imidazole rings is 1.